The zero-order valence-electron chi connectivity index (χ0n) is 12.7. The van der Waals surface area contributed by atoms with E-state index in [0.29, 0.717) is 29.0 Å². The van der Waals surface area contributed by atoms with E-state index < -0.39 is 9.84 Å². The Labute approximate surface area is 138 Å². The highest BCUT2D eigenvalue weighted by Crippen LogP contribution is 2.26. The molecule has 1 aliphatic heterocycles. The van der Waals surface area contributed by atoms with Gasteiger partial charge in [-0.1, -0.05) is 0 Å². The van der Waals surface area contributed by atoms with Crippen molar-refractivity contribution in [2.24, 2.45) is 0 Å². The summed E-state index contributed by atoms with van der Waals surface area (Å²) in [4.78, 5) is 12.8. The quantitative estimate of drug-likeness (QED) is 0.749. The smallest absolute Gasteiger partial charge is 0.255 e. The second-order valence-electron chi connectivity index (χ2n) is 5.87. The lowest BCUT2D eigenvalue weighted by Gasteiger charge is -2.17. The molecule has 1 aliphatic rings. The van der Waals surface area contributed by atoms with Gasteiger partial charge in [-0.15, -0.1) is 0 Å². The Morgan fingerprint density at radius 1 is 1.17 bits per heavy atom. The number of carbonyl (C=O) groups excluding carboxylic acids is 1. The maximum atomic E-state index is 12.4. The fourth-order valence-electron chi connectivity index (χ4n) is 3.00. The monoisotopic (exact) mass is 341 g/mol. The molecule has 0 bridgehead atoms. The highest BCUT2D eigenvalue weighted by molar-refractivity contribution is 7.91. The molecule has 4 rings (SSSR count). The van der Waals surface area contributed by atoms with Crippen molar-refractivity contribution in [3.8, 4) is 0 Å². The Morgan fingerprint density at radius 3 is 2.92 bits per heavy atom. The molecule has 1 aromatic heterocycles. The number of aryl methyl sites for hydroxylation is 1. The zero-order chi connectivity index (χ0) is 16.7. The number of rotatable bonds is 2. The van der Waals surface area contributed by atoms with Gasteiger partial charge in [-0.05, 0) is 54.8 Å². The highest BCUT2D eigenvalue weighted by Gasteiger charge is 2.24. The minimum Gasteiger partial charge on any atom is -0.322 e. The summed E-state index contributed by atoms with van der Waals surface area (Å²) in [5.74, 6) is -0.0879. The molecular weight excluding hydrogens is 326 g/mol. The number of nitrogens with zero attached hydrogens (tertiary/aromatic N) is 1. The van der Waals surface area contributed by atoms with E-state index >= 15 is 0 Å². The van der Waals surface area contributed by atoms with Gasteiger partial charge in [0.25, 0.3) is 5.91 Å². The first-order valence-corrected chi connectivity index (χ1v) is 9.28. The van der Waals surface area contributed by atoms with Crippen LogP contribution in [0.5, 0.6) is 0 Å². The van der Waals surface area contributed by atoms with Crippen LogP contribution in [0.4, 0.5) is 5.69 Å². The summed E-state index contributed by atoms with van der Waals surface area (Å²) in [6, 6.07) is 10.3. The second kappa shape index (κ2) is 5.45. The normalized spacial score (nSPS) is 15.8. The summed E-state index contributed by atoms with van der Waals surface area (Å²) < 4.78 is 24.1. The minimum atomic E-state index is -3.20. The number of aromatic nitrogens is 2. The van der Waals surface area contributed by atoms with E-state index in [-0.39, 0.29) is 11.7 Å². The van der Waals surface area contributed by atoms with Crippen LogP contribution in [0.1, 0.15) is 22.3 Å². The summed E-state index contributed by atoms with van der Waals surface area (Å²) in [6.45, 7) is 0. The molecule has 3 aromatic rings. The Bertz CT molecular complexity index is 1050. The summed E-state index contributed by atoms with van der Waals surface area (Å²) >= 11 is 0. The van der Waals surface area contributed by atoms with Crippen LogP contribution in [0.15, 0.2) is 47.5 Å². The lowest BCUT2D eigenvalue weighted by Crippen LogP contribution is -2.18. The summed E-state index contributed by atoms with van der Waals surface area (Å²) in [6.07, 6.45) is 2.98. The van der Waals surface area contributed by atoms with Crippen molar-refractivity contribution in [2.45, 2.75) is 17.7 Å². The van der Waals surface area contributed by atoms with Gasteiger partial charge in [0.2, 0.25) is 0 Å². The zero-order valence-corrected chi connectivity index (χ0v) is 13.6. The first-order chi connectivity index (χ1) is 11.5. The molecule has 0 saturated carbocycles. The average molecular weight is 341 g/mol. The number of fused-ring (bicyclic) bond motifs is 2. The third kappa shape index (κ3) is 2.56. The maximum absolute atomic E-state index is 12.4. The molecule has 0 atom stereocenters. The van der Waals surface area contributed by atoms with Crippen molar-refractivity contribution in [3.63, 3.8) is 0 Å². The molecule has 0 spiro atoms. The van der Waals surface area contributed by atoms with Crippen LogP contribution in [0.25, 0.3) is 10.9 Å². The minimum absolute atomic E-state index is 0.176. The molecule has 122 valence electrons. The molecule has 2 heterocycles. The summed E-state index contributed by atoms with van der Waals surface area (Å²) in [5.41, 5.74) is 2.67. The molecule has 2 aromatic carbocycles. The van der Waals surface area contributed by atoms with E-state index in [2.05, 4.69) is 15.5 Å². The number of carbonyl (C=O) groups is 1. The van der Waals surface area contributed by atoms with Crippen LogP contribution in [-0.2, 0) is 16.3 Å². The van der Waals surface area contributed by atoms with Crippen LogP contribution < -0.4 is 5.32 Å². The molecule has 0 radical (unpaired) electrons. The van der Waals surface area contributed by atoms with Gasteiger partial charge >= 0.3 is 0 Å². The van der Waals surface area contributed by atoms with Crippen LogP contribution >= 0.6 is 0 Å². The molecule has 0 unspecified atom stereocenters. The van der Waals surface area contributed by atoms with Gasteiger partial charge in [0.1, 0.15) is 0 Å². The average Bonchev–Trinajstić information content (AvgIpc) is 3.02. The molecule has 0 saturated heterocycles. The topological polar surface area (TPSA) is 91.9 Å². The molecular formula is C17H15N3O3S. The predicted molar refractivity (Wildman–Crippen MR) is 90.9 cm³/mol. The molecule has 7 heteroatoms. The van der Waals surface area contributed by atoms with E-state index in [1.54, 1.807) is 24.4 Å². The largest absolute Gasteiger partial charge is 0.322 e. The number of hydrogen-bond acceptors (Lipinski definition) is 4. The second-order valence-corrected chi connectivity index (χ2v) is 7.95. The van der Waals surface area contributed by atoms with E-state index in [9.17, 15) is 13.2 Å². The third-order valence-corrected chi connectivity index (χ3v) is 6.11. The fourth-order valence-corrected chi connectivity index (χ4v) is 4.58. The number of anilines is 1. The van der Waals surface area contributed by atoms with E-state index in [4.69, 9.17) is 0 Å². The van der Waals surface area contributed by atoms with Gasteiger partial charge in [-0.25, -0.2) is 8.42 Å². The number of H-pyrrole nitrogens is 1. The van der Waals surface area contributed by atoms with Crippen molar-refractivity contribution >= 4 is 32.3 Å². The molecule has 24 heavy (non-hydrogen) atoms. The van der Waals surface area contributed by atoms with Crippen molar-refractivity contribution in [3.05, 3.63) is 53.7 Å². The SMILES string of the molecule is O=C(Nc1ccc2cn[nH]c2c1)c1ccc2c(c1)CCCS2(=O)=O. The Kier molecular flexibility index (Phi) is 3.38. The van der Waals surface area contributed by atoms with Gasteiger partial charge in [-0.2, -0.15) is 5.10 Å². The summed E-state index contributed by atoms with van der Waals surface area (Å²) in [7, 11) is -3.20. The molecule has 0 fully saturated rings. The number of hydrogen-bond donors (Lipinski definition) is 2. The van der Waals surface area contributed by atoms with Crippen molar-refractivity contribution in [2.75, 3.05) is 11.1 Å². The molecule has 6 nitrogen and oxygen atoms in total. The number of benzene rings is 2. The fraction of sp³-hybridized carbons (Fsp3) is 0.176. The van der Waals surface area contributed by atoms with Gasteiger partial charge in [0, 0.05) is 16.6 Å². The Hall–Kier alpha value is -2.67. The Morgan fingerprint density at radius 2 is 2.04 bits per heavy atom. The molecule has 1 amide bonds. The van der Waals surface area contributed by atoms with E-state index in [0.717, 1.165) is 16.5 Å². The van der Waals surface area contributed by atoms with Crippen LogP contribution in [0, 0.1) is 0 Å². The molecule has 0 aliphatic carbocycles. The summed E-state index contributed by atoms with van der Waals surface area (Å²) in [5, 5.41) is 10.6. The van der Waals surface area contributed by atoms with E-state index in [1.165, 1.54) is 6.07 Å². The van der Waals surface area contributed by atoms with Crippen molar-refractivity contribution in [1.82, 2.24) is 10.2 Å². The van der Waals surface area contributed by atoms with Crippen molar-refractivity contribution in [1.29, 1.82) is 0 Å². The van der Waals surface area contributed by atoms with E-state index in [1.807, 2.05) is 12.1 Å². The number of amides is 1. The highest BCUT2D eigenvalue weighted by atomic mass is 32.2. The van der Waals surface area contributed by atoms with Gasteiger partial charge < -0.3 is 5.32 Å². The van der Waals surface area contributed by atoms with Crippen molar-refractivity contribution < 1.29 is 13.2 Å². The third-order valence-electron chi connectivity index (χ3n) is 4.22. The number of aromatic amines is 1. The lowest BCUT2D eigenvalue weighted by atomic mass is 10.1. The predicted octanol–water partition coefficient (Wildman–Crippen LogP) is 2.54. The first-order valence-electron chi connectivity index (χ1n) is 7.63. The first kappa shape index (κ1) is 14.9. The van der Waals surface area contributed by atoms with Gasteiger partial charge in [0.05, 0.1) is 22.4 Å². The van der Waals surface area contributed by atoms with Crippen LogP contribution in [0.3, 0.4) is 0 Å². The van der Waals surface area contributed by atoms with Gasteiger partial charge in [-0.3, -0.25) is 9.89 Å². The standard InChI is InChI=1S/C17H15N3O3S/c21-17(19-14-5-3-13-10-18-20-15(13)9-14)12-4-6-16-11(8-12)2-1-7-24(16,22)23/h3-6,8-10H,1-2,7H2,(H,18,20)(H,19,21). The van der Waals surface area contributed by atoms with Crippen LogP contribution in [0.2, 0.25) is 0 Å². The van der Waals surface area contributed by atoms with Crippen LogP contribution in [-0.4, -0.2) is 30.3 Å². The number of sulfone groups is 1. The number of nitrogens with one attached hydrogen (secondary N) is 2. The molecule has 2 N–H and O–H groups in total. The lowest BCUT2D eigenvalue weighted by molar-refractivity contribution is 0.102. The maximum Gasteiger partial charge on any atom is 0.255 e. The van der Waals surface area contributed by atoms with Gasteiger partial charge in [0.15, 0.2) is 9.84 Å². The Balaban J connectivity index is 1.62.